The van der Waals surface area contributed by atoms with Gasteiger partial charge < -0.3 is 15.0 Å². The Balaban J connectivity index is 1.91. The van der Waals surface area contributed by atoms with Crippen LogP contribution in [-0.4, -0.2) is 64.8 Å². The van der Waals surface area contributed by atoms with Crippen LogP contribution in [0.15, 0.2) is 12.3 Å². The number of carbonyl (C=O) groups excluding carboxylic acids is 4. The minimum Gasteiger partial charge on any atom is -0.451 e. The number of nitrogens with one attached hydrogen (secondary N) is 1. The summed E-state index contributed by atoms with van der Waals surface area (Å²) in [6.07, 6.45) is 0.104. The maximum Gasteiger partial charge on any atom is 0.327 e. The first-order valence-corrected chi connectivity index (χ1v) is 7.81. The molecule has 2 heterocycles. The van der Waals surface area contributed by atoms with Crippen molar-refractivity contribution < 1.29 is 23.9 Å². The van der Waals surface area contributed by atoms with Crippen LogP contribution < -0.4 is 5.32 Å². The standard InChI is InChI=1S/C14H14Cl2N4O5/c1-7(13(23)18-12-9(16)3-8(15)4-17-12)25-11(22)6-20-10(21)5-19(2)14(20)24/h3-4,7H,5-6H2,1-2H3,(H,17,18,23)/t7-/m1/s1. The predicted molar refractivity (Wildman–Crippen MR) is 88.2 cm³/mol. The Morgan fingerprint density at radius 2 is 2.08 bits per heavy atom. The molecule has 1 saturated heterocycles. The Kier molecular flexibility index (Phi) is 5.81. The van der Waals surface area contributed by atoms with Crippen molar-refractivity contribution >= 4 is 52.8 Å². The molecule has 0 saturated carbocycles. The number of aromatic nitrogens is 1. The van der Waals surface area contributed by atoms with Crippen molar-refractivity contribution in [2.45, 2.75) is 13.0 Å². The number of ether oxygens (including phenoxy) is 1. The number of rotatable bonds is 5. The lowest BCUT2D eigenvalue weighted by Crippen LogP contribution is -2.39. The zero-order chi connectivity index (χ0) is 18.7. The number of likely N-dealkylation sites (N-methyl/N-ethyl adjacent to an activating group) is 1. The number of hydrogen-bond donors (Lipinski definition) is 1. The molecular weight excluding hydrogens is 375 g/mol. The number of halogens is 2. The Morgan fingerprint density at radius 3 is 2.64 bits per heavy atom. The number of esters is 1. The average molecular weight is 389 g/mol. The van der Waals surface area contributed by atoms with E-state index in [1.807, 2.05) is 0 Å². The monoisotopic (exact) mass is 388 g/mol. The van der Waals surface area contributed by atoms with Gasteiger partial charge in [-0.15, -0.1) is 0 Å². The number of carbonyl (C=O) groups is 4. The molecule has 11 heteroatoms. The molecule has 0 aliphatic carbocycles. The summed E-state index contributed by atoms with van der Waals surface area (Å²) in [5.74, 6) is -2.03. The summed E-state index contributed by atoms with van der Waals surface area (Å²) in [5.41, 5.74) is 0. The maximum absolute atomic E-state index is 12.0. The van der Waals surface area contributed by atoms with Crippen molar-refractivity contribution in [3.05, 3.63) is 22.3 Å². The Hall–Kier alpha value is -2.39. The van der Waals surface area contributed by atoms with Crippen molar-refractivity contribution in [3.63, 3.8) is 0 Å². The minimum absolute atomic E-state index is 0.0606. The van der Waals surface area contributed by atoms with Crippen molar-refractivity contribution in [1.29, 1.82) is 0 Å². The molecule has 1 fully saturated rings. The molecular formula is C14H14Cl2N4O5. The van der Waals surface area contributed by atoms with Crippen molar-refractivity contribution in [2.75, 3.05) is 25.5 Å². The van der Waals surface area contributed by atoms with Gasteiger partial charge in [0.05, 0.1) is 10.0 Å². The van der Waals surface area contributed by atoms with Gasteiger partial charge in [-0.3, -0.25) is 19.3 Å². The predicted octanol–water partition coefficient (Wildman–Crippen LogP) is 1.15. The van der Waals surface area contributed by atoms with Gasteiger partial charge in [0.1, 0.15) is 13.1 Å². The molecule has 1 N–H and O–H groups in total. The molecule has 1 aromatic rings. The van der Waals surface area contributed by atoms with E-state index < -0.39 is 36.5 Å². The largest absolute Gasteiger partial charge is 0.451 e. The first-order valence-electron chi connectivity index (χ1n) is 7.06. The molecule has 1 aliphatic heterocycles. The van der Waals surface area contributed by atoms with Crippen LogP contribution in [0.3, 0.4) is 0 Å². The summed E-state index contributed by atoms with van der Waals surface area (Å²) in [4.78, 5) is 52.9. The molecule has 0 bridgehead atoms. The molecule has 0 spiro atoms. The third-order valence-electron chi connectivity index (χ3n) is 3.25. The second kappa shape index (κ2) is 7.66. The summed E-state index contributed by atoms with van der Waals surface area (Å²) < 4.78 is 4.93. The SMILES string of the molecule is C[C@@H](OC(=O)CN1C(=O)CN(C)C1=O)C(=O)Nc1ncc(Cl)cc1Cl. The van der Waals surface area contributed by atoms with Crippen LogP contribution in [0.25, 0.3) is 0 Å². The van der Waals surface area contributed by atoms with Gasteiger partial charge >= 0.3 is 12.0 Å². The lowest BCUT2D eigenvalue weighted by atomic mass is 10.3. The first kappa shape index (κ1) is 18.9. The van der Waals surface area contributed by atoms with E-state index in [0.29, 0.717) is 5.02 Å². The van der Waals surface area contributed by atoms with E-state index in [0.717, 1.165) is 4.90 Å². The summed E-state index contributed by atoms with van der Waals surface area (Å²) in [6, 6.07) is 0.792. The highest BCUT2D eigenvalue weighted by Gasteiger charge is 2.35. The van der Waals surface area contributed by atoms with Gasteiger partial charge in [0, 0.05) is 13.2 Å². The zero-order valence-electron chi connectivity index (χ0n) is 13.3. The van der Waals surface area contributed by atoms with E-state index in [9.17, 15) is 19.2 Å². The summed E-state index contributed by atoms with van der Waals surface area (Å²) in [7, 11) is 1.44. The van der Waals surface area contributed by atoms with E-state index in [2.05, 4.69) is 10.3 Å². The van der Waals surface area contributed by atoms with Crippen molar-refractivity contribution in [2.24, 2.45) is 0 Å². The number of amides is 4. The van der Waals surface area contributed by atoms with Gasteiger partial charge in [0.25, 0.3) is 11.8 Å². The normalized spacial score (nSPS) is 15.4. The molecule has 2 rings (SSSR count). The van der Waals surface area contributed by atoms with Crippen LogP contribution in [-0.2, 0) is 19.1 Å². The smallest absolute Gasteiger partial charge is 0.327 e. The van der Waals surface area contributed by atoms with Gasteiger partial charge in [0.2, 0.25) is 0 Å². The Morgan fingerprint density at radius 1 is 1.40 bits per heavy atom. The number of pyridine rings is 1. The fourth-order valence-electron chi connectivity index (χ4n) is 1.97. The van der Waals surface area contributed by atoms with Crippen LogP contribution in [0.4, 0.5) is 10.6 Å². The van der Waals surface area contributed by atoms with Crippen LogP contribution >= 0.6 is 23.2 Å². The lowest BCUT2D eigenvalue weighted by molar-refractivity contribution is -0.154. The number of nitrogens with zero attached hydrogens (tertiary/aromatic N) is 3. The third kappa shape index (κ3) is 4.58. The van der Waals surface area contributed by atoms with Crippen LogP contribution in [0, 0.1) is 0 Å². The number of hydrogen-bond acceptors (Lipinski definition) is 6. The van der Waals surface area contributed by atoms with Crippen LogP contribution in [0.2, 0.25) is 10.0 Å². The molecule has 9 nitrogen and oxygen atoms in total. The highest BCUT2D eigenvalue weighted by Crippen LogP contribution is 2.22. The van der Waals surface area contributed by atoms with E-state index in [4.69, 9.17) is 27.9 Å². The fourth-order valence-corrected chi connectivity index (χ4v) is 2.39. The minimum atomic E-state index is -1.19. The van der Waals surface area contributed by atoms with Crippen LogP contribution in [0.1, 0.15) is 6.92 Å². The quantitative estimate of drug-likeness (QED) is 0.598. The van der Waals surface area contributed by atoms with Crippen LogP contribution in [0.5, 0.6) is 0 Å². The zero-order valence-corrected chi connectivity index (χ0v) is 14.8. The Bertz CT molecular complexity index is 742. The molecule has 1 aliphatic rings. The molecule has 0 radical (unpaired) electrons. The average Bonchev–Trinajstić information content (AvgIpc) is 2.76. The first-order chi connectivity index (χ1) is 11.7. The van der Waals surface area contributed by atoms with E-state index in [-0.39, 0.29) is 17.4 Å². The molecule has 134 valence electrons. The van der Waals surface area contributed by atoms with E-state index in [1.54, 1.807) is 0 Å². The van der Waals surface area contributed by atoms with Gasteiger partial charge in [-0.2, -0.15) is 0 Å². The molecule has 25 heavy (non-hydrogen) atoms. The van der Waals surface area contributed by atoms with Gasteiger partial charge in [-0.25, -0.2) is 9.78 Å². The summed E-state index contributed by atoms with van der Waals surface area (Å²) in [5, 5.41) is 2.81. The van der Waals surface area contributed by atoms with Crippen molar-refractivity contribution in [1.82, 2.24) is 14.8 Å². The molecule has 0 aromatic carbocycles. The maximum atomic E-state index is 12.0. The fraction of sp³-hybridized carbons (Fsp3) is 0.357. The van der Waals surface area contributed by atoms with Crippen molar-refractivity contribution in [3.8, 4) is 0 Å². The van der Waals surface area contributed by atoms with E-state index >= 15 is 0 Å². The Labute approximate surface area is 152 Å². The topological polar surface area (TPSA) is 109 Å². The molecule has 0 unspecified atom stereocenters. The second-order valence-corrected chi connectivity index (χ2v) is 6.07. The molecule has 1 atom stereocenters. The van der Waals surface area contributed by atoms with Gasteiger partial charge in [-0.05, 0) is 13.0 Å². The second-order valence-electron chi connectivity index (χ2n) is 5.22. The number of anilines is 1. The number of imide groups is 1. The highest BCUT2D eigenvalue weighted by molar-refractivity contribution is 6.36. The summed E-state index contributed by atoms with van der Waals surface area (Å²) >= 11 is 11.6. The highest BCUT2D eigenvalue weighted by atomic mass is 35.5. The van der Waals surface area contributed by atoms with Gasteiger partial charge in [0.15, 0.2) is 11.9 Å². The van der Waals surface area contributed by atoms with E-state index in [1.165, 1.54) is 31.1 Å². The molecule has 1 aromatic heterocycles. The molecule has 4 amide bonds. The summed E-state index contributed by atoms with van der Waals surface area (Å²) in [6.45, 7) is 0.652. The lowest BCUT2D eigenvalue weighted by Gasteiger charge is -2.16. The van der Waals surface area contributed by atoms with Gasteiger partial charge in [-0.1, -0.05) is 23.2 Å². The number of urea groups is 1. The third-order valence-corrected chi connectivity index (χ3v) is 3.74.